The number of aliphatic carboxylic acids is 3. The first kappa shape index (κ1) is 29.6. The Hall–Kier alpha value is -0.343. The van der Waals surface area contributed by atoms with Crippen molar-refractivity contribution < 1.29 is 67.0 Å². The van der Waals surface area contributed by atoms with Gasteiger partial charge in [-0.05, 0) is 62.3 Å². The van der Waals surface area contributed by atoms with Crippen LogP contribution in [0.5, 0.6) is 0 Å². The average Bonchev–Trinajstić information content (AvgIpc) is 2.14. The number of carboxylic acids is 3. The van der Waals surface area contributed by atoms with Gasteiger partial charge in [-0.15, -0.1) is 0 Å². The molecule has 0 bridgehead atoms. The summed E-state index contributed by atoms with van der Waals surface area (Å²) in [5, 5.41) is 24.8. The molecule has 138 valence electrons. The molecule has 0 aliphatic carbocycles. The van der Waals surface area contributed by atoms with Crippen molar-refractivity contribution in [1.29, 1.82) is 0 Å². The molecule has 0 saturated carbocycles. The SMILES string of the molecule is CC(C)(C)C(=O)O.CC(C)(C)C(=O)O.CC(C)(C)C(=O)O.[Er]. The van der Waals surface area contributed by atoms with Crippen LogP contribution in [0.2, 0.25) is 0 Å². The molecule has 7 heteroatoms. The molecule has 0 heterocycles. The summed E-state index contributed by atoms with van der Waals surface area (Å²) in [4.78, 5) is 30.1. The molecule has 0 aliphatic heterocycles. The van der Waals surface area contributed by atoms with E-state index in [1.54, 1.807) is 62.3 Å². The maximum absolute atomic E-state index is 10.0. The fourth-order valence-corrected chi connectivity index (χ4v) is 0. The maximum atomic E-state index is 10.0. The topological polar surface area (TPSA) is 112 Å². The zero-order valence-corrected chi connectivity index (χ0v) is 16.7. The Kier molecular flexibility index (Phi) is 15.1. The van der Waals surface area contributed by atoms with E-state index in [9.17, 15) is 14.4 Å². The van der Waals surface area contributed by atoms with Gasteiger partial charge in [0.05, 0.1) is 16.2 Å². The van der Waals surface area contributed by atoms with Crippen molar-refractivity contribution in [2.45, 2.75) is 62.3 Å². The van der Waals surface area contributed by atoms with Crippen LogP contribution in [-0.4, -0.2) is 33.2 Å². The number of hydrogen-bond donors (Lipinski definition) is 3. The van der Waals surface area contributed by atoms with Gasteiger partial charge in [-0.25, -0.2) is 0 Å². The second-order valence-corrected chi connectivity index (χ2v) is 7.67. The molecule has 0 aromatic heterocycles. The molecule has 0 atom stereocenters. The second-order valence-electron chi connectivity index (χ2n) is 7.67. The van der Waals surface area contributed by atoms with E-state index < -0.39 is 34.2 Å². The Morgan fingerprint density at radius 2 is 0.545 bits per heavy atom. The van der Waals surface area contributed by atoms with E-state index >= 15 is 0 Å². The number of carboxylic acid groups (broad SMARTS) is 3. The monoisotopic (exact) mass is 472 g/mol. The Balaban J connectivity index is -0.000000108. The van der Waals surface area contributed by atoms with Crippen LogP contribution in [0.25, 0.3) is 0 Å². The summed E-state index contributed by atoms with van der Waals surface area (Å²) in [5.41, 5.74) is -1.75. The van der Waals surface area contributed by atoms with Gasteiger partial charge in [-0.2, -0.15) is 0 Å². The van der Waals surface area contributed by atoms with Gasteiger partial charge in [-0.3, -0.25) is 14.4 Å². The van der Waals surface area contributed by atoms with Crippen LogP contribution in [-0.2, 0) is 14.4 Å². The second kappa shape index (κ2) is 11.2. The summed E-state index contributed by atoms with van der Waals surface area (Å²) in [6.07, 6.45) is 0. The zero-order valence-electron chi connectivity index (χ0n) is 14.9. The van der Waals surface area contributed by atoms with Gasteiger partial charge in [0.1, 0.15) is 0 Å². The van der Waals surface area contributed by atoms with E-state index in [2.05, 4.69) is 0 Å². The Labute approximate surface area is 162 Å². The molecule has 3 N–H and O–H groups in total. The van der Waals surface area contributed by atoms with Crippen molar-refractivity contribution >= 4 is 17.9 Å². The normalized spacial score (nSPS) is 10.8. The fraction of sp³-hybridized carbons (Fsp3) is 0.800. The molecule has 0 fully saturated rings. The first-order valence-corrected chi connectivity index (χ1v) is 6.53. The summed E-state index contributed by atoms with van der Waals surface area (Å²) in [6.45, 7) is 15.0. The fourth-order valence-electron chi connectivity index (χ4n) is 0. The third-order valence-electron chi connectivity index (χ3n) is 1.92. The third kappa shape index (κ3) is 21.9. The van der Waals surface area contributed by atoms with Crippen LogP contribution < -0.4 is 0 Å². The van der Waals surface area contributed by atoms with Crippen molar-refractivity contribution in [3.8, 4) is 0 Å². The van der Waals surface area contributed by atoms with Crippen LogP contribution >= 0.6 is 0 Å². The van der Waals surface area contributed by atoms with Crippen LogP contribution in [0.4, 0.5) is 0 Å². The van der Waals surface area contributed by atoms with E-state index in [-0.39, 0.29) is 37.3 Å². The Morgan fingerprint density at radius 3 is 0.545 bits per heavy atom. The minimum atomic E-state index is -0.757. The molecule has 0 unspecified atom stereocenters. The number of carbonyl (C=O) groups is 3. The summed E-state index contributed by atoms with van der Waals surface area (Å²) in [5.74, 6) is -2.27. The molecule has 0 amide bonds. The van der Waals surface area contributed by atoms with Crippen molar-refractivity contribution in [2.24, 2.45) is 16.2 Å². The van der Waals surface area contributed by atoms with Gasteiger partial charge in [0, 0.05) is 37.3 Å². The van der Waals surface area contributed by atoms with E-state index in [0.29, 0.717) is 0 Å². The predicted octanol–water partition coefficient (Wildman–Crippen LogP) is 3.35. The average molecular weight is 474 g/mol. The van der Waals surface area contributed by atoms with E-state index in [0.717, 1.165) is 0 Å². The van der Waals surface area contributed by atoms with Crippen LogP contribution in [0, 0.1) is 53.6 Å². The number of hydrogen-bond acceptors (Lipinski definition) is 3. The molecule has 0 aromatic rings. The van der Waals surface area contributed by atoms with E-state index in [4.69, 9.17) is 15.3 Å². The largest absolute Gasteiger partial charge is 0.481 e. The molecular formula is C15H30ErO6. The summed E-state index contributed by atoms with van der Waals surface area (Å²) < 4.78 is 0. The van der Waals surface area contributed by atoms with Crippen LogP contribution in [0.3, 0.4) is 0 Å². The first-order chi connectivity index (χ1) is 8.83. The Morgan fingerprint density at radius 1 is 0.500 bits per heavy atom. The van der Waals surface area contributed by atoms with Crippen LogP contribution in [0.15, 0.2) is 0 Å². The van der Waals surface area contributed by atoms with Crippen LogP contribution in [0.1, 0.15) is 62.3 Å². The molecular weight excluding hydrogens is 443 g/mol. The molecule has 0 radical (unpaired) electrons. The van der Waals surface area contributed by atoms with Gasteiger partial charge in [0.25, 0.3) is 0 Å². The minimum Gasteiger partial charge on any atom is -0.481 e. The molecule has 0 aromatic carbocycles. The first-order valence-electron chi connectivity index (χ1n) is 6.53. The quantitative estimate of drug-likeness (QED) is 0.497. The molecule has 22 heavy (non-hydrogen) atoms. The van der Waals surface area contributed by atoms with Gasteiger partial charge >= 0.3 is 17.9 Å². The van der Waals surface area contributed by atoms with Gasteiger partial charge < -0.3 is 15.3 Å². The maximum Gasteiger partial charge on any atom is 0.308 e. The molecule has 6 nitrogen and oxygen atoms in total. The molecule has 0 spiro atoms. The number of rotatable bonds is 0. The predicted molar refractivity (Wildman–Crippen MR) is 81.3 cm³/mol. The molecule has 0 saturated heterocycles. The summed E-state index contributed by atoms with van der Waals surface area (Å²) in [7, 11) is 0. The smallest absolute Gasteiger partial charge is 0.308 e. The standard InChI is InChI=1S/3C5H10O2.Er/c3*1-5(2,3)4(6)7;/h3*1-3H3,(H,6,7);. The minimum absolute atomic E-state index is 0. The molecule has 0 aliphatic rings. The Bertz CT molecular complexity index is 299. The van der Waals surface area contributed by atoms with Crippen molar-refractivity contribution in [1.82, 2.24) is 0 Å². The van der Waals surface area contributed by atoms with Crippen molar-refractivity contribution in [2.75, 3.05) is 0 Å². The van der Waals surface area contributed by atoms with E-state index in [1.807, 2.05) is 0 Å². The summed E-state index contributed by atoms with van der Waals surface area (Å²) in [6, 6.07) is 0. The van der Waals surface area contributed by atoms with Gasteiger partial charge in [0.2, 0.25) is 0 Å². The summed E-state index contributed by atoms with van der Waals surface area (Å²) >= 11 is 0. The zero-order chi connectivity index (χ0) is 18.2. The third-order valence-corrected chi connectivity index (χ3v) is 1.92. The van der Waals surface area contributed by atoms with Crippen molar-refractivity contribution in [3.63, 3.8) is 0 Å². The van der Waals surface area contributed by atoms with Gasteiger partial charge in [-0.1, -0.05) is 0 Å². The van der Waals surface area contributed by atoms with Gasteiger partial charge in [0.15, 0.2) is 0 Å². The molecule has 0 rings (SSSR count). The van der Waals surface area contributed by atoms with Crippen molar-refractivity contribution in [3.05, 3.63) is 0 Å². The van der Waals surface area contributed by atoms with E-state index in [1.165, 1.54) is 0 Å².